The molecule has 1 N–H and O–H groups in total. The van der Waals surface area contributed by atoms with Crippen LogP contribution in [0.2, 0.25) is 0 Å². The molecular weight excluding hydrogens is 252 g/mol. The molecule has 0 spiro atoms. The lowest BCUT2D eigenvalue weighted by Gasteiger charge is -2.14. The first kappa shape index (κ1) is 11.3. The highest BCUT2D eigenvalue weighted by molar-refractivity contribution is 6.28. The van der Waals surface area contributed by atoms with Crippen LogP contribution in [0.1, 0.15) is 0 Å². The van der Waals surface area contributed by atoms with Gasteiger partial charge in [-0.05, 0) is 12.1 Å². The summed E-state index contributed by atoms with van der Waals surface area (Å²) in [5.41, 5.74) is 2.81. The summed E-state index contributed by atoms with van der Waals surface area (Å²) < 4.78 is 0. The second-order valence-electron chi connectivity index (χ2n) is 4.20. The Balaban J connectivity index is 1.94. The van der Waals surface area contributed by atoms with E-state index >= 15 is 0 Å². The van der Waals surface area contributed by atoms with Gasteiger partial charge in [0, 0.05) is 18.3 Å². The van der Waals surface area contributed by atoms with Crippen LogP contribution < -0.4 is 10.3 Å². The molecule has 0 radical (unpaired) electrons. The number of hydrogen-bond donors (Lipinski definition) is 1. The molecule has 1 aromatic carbocycles. The molecule has 96 valence electrons. The van der Waals surface area contributed by atoms with Crippen LogP contribution in [0.3, 0.4) is 0 Å². The number of nitrogens with one attached hydrogen (secondary N) is 1. The maximum Gasteiger partial charge on any atom is 0.269 e. The highest BCUT2D eigenvalue weighted by Gasteiger charge is 2.49. The highest BCUT2D eigenvalue weighted by Crippen LogP contribution is 2.29. The first-order valence-corrected chi connectivity index (χ1v) is 5.50. The molecule has 0 unspecified atom stereocenters. The number of nitrogens with zero attached hydrogens (tertiary/aromatic N) is 3. The van der Waals surface area contributed by atoms with Gasteiger partial charge in [-0.1, -0.05) is 0 Å². The van der Waals surface area contributed by atoms with Crippen molar-refractivity contribution >= 4 is 29.4 Å². The largest absolute Gasteiger partial charge is 0.297 e. The number of carbonyl (C=O) groups excluding carboxylic acids is 2. The number of amides is 2. The van der Waals surface area contributed by atoms with E-state index in [1.54, 1.807) is 0 Å². The molecule has 0 bridgehead atoms. The maximum atomic E-state index is 12.1. The maximum absolute atomic E-state index is 12.1. The monoisotopic (exact) mass is 260 g/mol. The average molecular weight is 260 g/mol. The van der Waals surface area contributed by atoms with E-state index in [2.05, 4.69) is 10.5 Å². The Kier molecular flexibility index (Phi) is 2.31. The second kappa shape index (κ2) is 3.87. The molecule has 2 aliphatic heterocycles. The fourth-order valence-corrected chi connectivity index (χ4v) is 2.16. The molecule has 2 atom stereocenters. The fourth-order valence-electron chi connectivity index (χ4n) is 2.16. The van der Waals surface area contributed by atoms with Crippen molar-refractivity contribution in [3.8, 4) is 0 Å². The molecule has 2 aliphatic rings. The van der Waals surface area contributed by atoms with E-state index < -0.39 is 22.8 Å². The number of nitro groups is 1. The highest BCUT2D eigenvalue weighted by atomic mass is 16.6. The van der Waals surface area contributed by atoms with E-state index in [-0.39, 0.29) is 11.6 Å². The zero-order valence-electron chi connectivity index (χ0n) is 9.52. The van der Waals surface area contributed by atoms with Crippen LogP contribution in [-0.4, -0.2) is 29.0 Å². The van der Waals surface area contributed by atoms with Gasteiger partial charge in [0.2, 0.25) is 5.91 Å². The van der Waals surface area contributed by atoms with Gasteiger partial charge in [-0.2, -0.15) is 5.10 Å². The minimum absolute atomic E-state index is 0.0947. The summed E-state index contributed by atoms with van der Waals surface area (Å²) in [6.45, 7) is 0. The number of fused-ring (bicyclic) bond motifs is 1. The number of rotatable bonds is 2. The summed E-state index contributed by atoms with van der Waals surface area (Å²) in [5.74, 6) is -1.37. The van der Waals surface area contributed by atoms with Crippen molar-refractivity contribution in [1.82, 2.24) is 5.43 Å². The first-order chi connectivity index (χ1) is 9.09. The minimum atomic E-state index is -0.664. The summed E-state index contributed by atoms with van der Waals surface area (Å²) in [7, 11) is 0. The molecule has 8 heteroatoms. The van der Waals surface area contributed by atoms with E-state index in [0.717, 1.165) is 4.90 Å². The van der Waals surface area contributed by atoms with Crippen LogP contribution in [-0.2, 0) is 9.59 Å². The molecule has 0 aliphatic carbocycles. The van der Waals surface area contributed by atoms with Crippen molar-refractivity contribution in [1.29, 1.82) is 0 Å². The second-order valence-corrected chi connectivity index (χ2v) is 4.20. The lowest BCUT2D eigenvalue weighted by Crippen LogP contribution is -2.36. The number of nitro benzene ring substituents is 1. The number of imide groups is 1. The summed E-state index contributed by atoms with van der Waals surface area (Å²) in [6.07, 6.45) is 1.40. The van der Waals surface area contributed by atoms with Crippen LogP contribution in [0.25, 0.3) is 0 Å². The molecule has 2 amide bonds. The Labute approximate surface area is 106 Å². The summed E-state index contributed by atoms with van der Waals surface area (Å²) in [5, 5.41) is 14.3. The smallest absolute Gasteiger partial charge is 0.269 e. The topological polar surface area (TPSA) is 105 Å². The van der Waals surface area contributed by atoms with Crippen molar-refractivity contribution < 1.29 is 14.5 Å². The van der Waals surface area contributed by atoms with Crippen LogP contribution >= 0.6 is 0 Å². The summed E-state index contributed by atoms with van der Waals surface area (Å²) in [6, 6.07) is 4.61. The van der Waals surface area contributed by atoms with Gasteiger partial charge in [0.25, 0.3) is 11.6 Å². The van der Waals surface area contributed by atoms with Gasteiger partial charge in [0.05, 0.1) is 10.6 Å². The third-order valence-electron chi connectivity index (χ3n) is 3.12. The lowest BCUT2D eigenvalue weighted by atomic mass is 10.1. The van der Waals surface area contributed by atoms with Crippen LogP contribution in [0, 0.1) is 16.0 Å². The molecule has 2 heterocycles. The fraction of sp³-hybridized carbons (Fsp3) is 0.182. The molecule has 19 heavy (non-hydrogen) atoms. The van der Waals surface area contributed by atoms with Gasteiger partial charge in [0.15, 0.2) is 0 Å². The van der Waals surface area contributed by atoms with Crippen LogP contribution in [0.15, 0.2) is 29.4 Å². The van der Waals surface area contributed by atoms with Crippen molar-refractivity contribution in [3.63, 3.8) is 0 Å². The van der Waals surface area contributed by atoms with E-state index in [0.29, 0.717) is 5.69 Å². The Morgan fingerprint density at radius 2 is 1.89 bits per heavy atom. The number of hydrazone groups is 1. The zero-order valence-corrected chi connectivity index (χ0v) is 9.52. The van der Waals surface area contributed by atoms with Crippen molar-refractivity contribution in [2.24, 2.45) is 11.0 Å². The quantitative estimate of drug-likeness (QED) is 0.459. The van der Waals surface area contributed by atoms with Gasteiger partial charge in [-0.15, -0.1) is 0 Å². The molecule has 1 fully saturated rings. The van der Waals surface area contributed by atoms with Gasteiger partial charge < -0.3 is 0 Å². The van der Waals surface area contributed by atoms with Crippen molar-refractivity contribution in [2.45, 2.75) is 6.04 Å². The third kappa shape index (κ3) is 1.57. The van der Waals surface area contributed by atoms with E-state index in [9.17, 15) is 19.7 Å². The number of benzene rings is 1. The predicted octanol–water partition coefficient (Wildman–Crippen LogP) is 0.0418. The summed E-state index contributed by atoms with van der Waals surface area (Å²) >= 11 is 0. The number of non-ortho nitro benzene ring substituents is 1. The first-order valence-electron chi connectivity index (χ1n) is 5.50. The molecule has 0 saturated carbocycles. The molecule has 1 aromatic rings. The van der Waals surface area contributed by atoms with Crippen LogP contribution in [0.4, 0.5) is 11.4 Å². The Morgan fingerprint density at radius 1 is 1.21 bits per heavy atom. The predicted molar refractivity (Wildman–Crippen MR) is 64.5 cm³/mol. The van der Waals surface area contributed by atoms with E-state index in [4.69, 9.17) is 0 Å². The van der Waals surface area contributed by atoms with E-state index in [1.165, 1.54) is 30.5 Å². The molecule has 1 saturated heterocycles. The number of anilines is 1. The van der Waals surface area contributed by atoms with E-state index in [1.807, 2.05) is 0 Å². The molecule has 0 aromatic heterocycles. The Hall–Kier alpha value is -2.77. The average Bonchev–Trinajstić information content (AvgIpc) is 2.95. The molecule has 8 nitrogen and oxygen atoms in total. The van der Waals surface area contributed by atoms with Gasteiger partial charge in [-0.25, -0.2) is 4.90 Å². The SMILES string of the molecule is O=C1[C@H]2C=NN[C@H]2C(=O)N1c1ccc([N+](=O)[O-])cc1. The van der Waals surface area contributed by atoms with Crippen molar-refractivity contribution in [3.05, 3.63) is 34.4 Å². The minimum Gasteiger partial charge on any atom is -0.297 e. The Bertz CT molecular complexity index is 610. The molecular formula is C11H8N4O4. The Morgan fingerprint density at radius 3 is 2.47 bits per heavy atom. The van der Waals surface area contributed by atoms with Gasteiger partial charge in [-0.3, -0.25) is 25.1 Å². The summed E-state index contributed by atoms with van der Waals surface area (Å²) in [4.78, 5) is 35.1. The normalized spacial score (nSPS) is 24.5. The number of carbonyl (C=O) groups is 2. The third-order valence-corrected chi connectivity index (χ3v) is 3.12. The standard InChI is InChI=1S/C11H8N4O4/c16-10-8-5-12-13-9(8)11(17)14(10)6-1-3-7(4-2-6)15(18)19/h1-5,8-9,13H/t8-,9+/m0/s1. The molecule has 3 rings (SSSR count). The van der Waals surface area contributed by atoms with Gasteiger partial charge in [0.1, 0.15) is 12.0 Å². The lowest BCUT2D eigenvalue weighted by molar-refractivity contribution is -0.384. The van der Waals surface area contributed by atoms with Gasteiger partial charge >= 0.3 is 0 Å². The zero-order chi connectivity index (χ0) is 13.6. The van der Waals surface area contributed by atoms with Crippen molar-refractivity contribution in [2.75, 3.05) is 4.90 Å². The number of hydrogen-bond acceptors (Lipinski definition) is 6. The van der Waals surface area contributed by atoms with Crippen LogP contribution in [0.5, 0.6) is 0 Å².